The van der Waals surface area contributed by atoms with Gasteiger partial charge in [0.15, 0.2) is 0 Å². The molecule has 0 radical (unpaired) electrons. The third-order valence-corrected chi connectivity index (χ3v) is 7.33. The minimum absolute atomic E-state index is 0.435. The van der Waals surface area contributed by atoms with E-state index in [4.69, 9.17) is 4.74 Å². The monoisotopic (exact) mass is 458 g/mol. The van der Waals surface area contributed by atoms with Gasteiger partial charge < -0.3 is 25.2 Å². The molecule has 1 fully saturated rings. The van der Waals surface area contributed by atoms with Crippen molar-refractivity contribution in [2.75, 3.05) is 6.61 Å². The Morgan fingerprint density at radius 2 is 1.68 bits per heavy atom. The van der Waals surface area contributed by atoms with E-state index in [2.05, 4.69) is 45.6 Å². The Morgan fingerprint density at radius 3 is 2.39 bits per heavy atom. The molecule has 2 heterocycles. The Labute approximate surface area is 188 Å². The Balaban J connectivity index is 1.57. The van der Waals surface area contributed by atoms with Gasteiger partial charge in [-0.3, -0.25) is 0 Å². The molecule has 2 unspecified atom stereocenters. The van der Waals surface area contributed by atoms with Gasteiger partial charge in [-0.25, -0.2) is 0 Å². The van der Waals surface area contributed by atoms with Crippen molar-refractivity contribution in [1.29, 1.82) is 0 Å². The van der Waals surface area contributed by atoms with Gasteiger partial charge in [0.05, 0.1) is 6.61 Å². The first-order chi connectivity index (χ1) is 14.9. The highest BCUT2D eigenvalue weighted by molar-refractivity contribution is 7.27. The number of hydrogen-bond acceptors (Lipinski definition) is 6. The van der Waals surface area contributed by atoms with E-state index in [9.17, 15) is 20.4 Å². The summed E-state index contributed by atoms with van der Waals surface area (Å²) in [5.74, 6) is 0. The molecule has 164 valence electrons. The van der Waals surface area contributed by atoms with Crippen LogP contribution >= 0.6 is 20.6 Å². The highest BCUT2D eigenvalue weighted by Crippen LogP contribution is 2.34. The third-order valence-electron chi connectivity index (χ3n) is 5.82. The van der Waals surface area contributed by atoms with Gasteiger partial charge in [-0.1, -0.05) is 42.5 Å². The first kappa shape index (κ1) is 22.6. The number of aryl methyl sites for hydroxylation is 1. The van der Waals surface area contributed by atoms with Crippen LogP contribution in [0.5, 0.6) is 0 Å². The zero-order valence-corrected chi connectivity index (χ0v) is 19.2. The van der Waals surface area contributed by atoms with Crippen molar-refractivity contribution in [2.45, 2.75) is 43.9 Å². The van der Waals surface area contributed by atoms with Gasteiger partial charge in [0, 0.05) is 16.2 Å². The zero-order chi connectivity index (χ0) is 22.1. The number of hydrogen-bond donors (Lipinski definition) is 4. The maximum absolute atomic E-state index is 10.5. The van der Waals surface area contributed by atoms with E-state index in [1.807, 2.05) is 25.1 Å². The Kier molecular flexibility index (Phi) is 6.89. The van der Waals surface area contributed by atoms with Crippen LogP contribution < -0.4 is 5.30 Å². The van der Waals surface area contributed by atoms with Gasteiger partial charge in [0.1, 0.15) is 30.5 Å². The van der Waals surface area contributed by atoms with Crippen LogP contribution in [0.4, 0.5) is 0 Å². The van der Waals surface area contributed by atoms with Crippen LogP contribution in [0.25, 0.3) is 10.4 Å². The summed E-state index contributed by atoms with van der Waals surface area (Å²) < 4.78 is 5.72. The fourth-order valence-electron chi connectivity index (χ4n) is 3.90. The number of thiophene rings is 1. The van der Waals surface area contributed by atoms with Crippen LogP contribution in [-0.2, 0) is 11.2 Å². The Morgan fingerprint density at radius 1 is 0.935 bits per heavy atom. The summed E-state index contributed by atoms with van der Waals surface area (Å²) in [6.45, 7) is 1.61. The van der Waals surface area contributed by atoms with E-state index < -0.39 is 37.1 Å². The number of aliphatic hydroxyl groups excluding tert-OH is 4. The fraction of sp³-hybridized carbons (Fsp3) is 0.333. The normalized spacial score (nSPS) is 26.2. The van der Waals surface area contributed by atoms with Crippen LogP contribution in [-0.4, -0.2) is 51.4 Å². The summed E-state index contributed by atoms with van der Waals surface area (Å²) in [6, 6.07) is 18.5. The molecular formula is C24H27O5PS. The summed E-state index contributed by atoms with van der Waals surface area (Å²) >= 11 is 1.75. The van der Waals surface area contributed by atoms with Crippen LogP contribution in [0.3, 0.4) is 0 Å². The number of benzene rings is 2. The molecule has 0 saturated carbocycles. The first-order valence-electron chi connectivity index (χ1n) is 10.2. The Hall–Kier alpha value is -1.63. The van der Waals surface area contributed by atoms with Gasteiger partial charge >= 0.3 is 0 Å². The van der Waals surface area contributed by atoms with E-state index in [-0.39, 0.29) is 0 Å². The molecule has 7 heteroatoms. The van der Waals surface area contributed by atoms with Gasteiger partial charge in [0.2, 0.25) is 0 Å². The lowest BCUT2D eigenvalue weighted by atomic mass is 9.89. The number of ether oxygens (including phenoxy) is 1. The number of rotatable bonds is 5. The second kappa shape index (κ2) is 9.47. The quantitative estimate of drug-likeness (QED) is 0.441. The second-order valence-electron chi connectivity index (χ2n) is 8.00. The standard InChI is InChI=1S/C24H27O5PS/c1-13-2-3-15(24-23(28)22(27)21(26)19(12-25)29-24)10-16(13)11-18-8-9-20(31-18)14-4-6-17(30)7-5-14/h2-10,19,21-28H,11-12,30H2,1H3/t19-,21-,22?,23-,24+/m1/s1. The molecule has 31 heavy (non-hydrogen) atoms. The van der Waals surface area contributed by atoms with E-state index in [0.717, 1.165) is 22.9 Å². The lowest BCUT2D eigenvalue weighted by molar-refractivity contribution is -0.231. The van der Waals surface area contributed by atoms with Crippen molar-refractivity contribution in [3.63, 3.8) is 0 Å². The molecule has 0 amide bonds. The Bertz CT molecular complexity index is 1030. The first-order valence-corrected chi connectivity index (χ1v) is 11.6. The molecule has 0 aliphatic carbocycles. The molecule has 2 aromatic carbocycles. The van der Waals surface area contributed by atoms with E-state index in [1.54, 1.807) is 11.3 Å². The van der Waals surface area contributed by atoms with Crippen LogP contribution in [0, 0.1) is 6.92 Å². The van der Waals surface area contributed by atoms with Crippen molar-refractivity contribution >= 4 is 25.9 Å². The van der Waals surface area contributed by atoms with Gasteiger partial charge in [-0.15, -0.1) is 20.6 Å². The lowest BCUT2D eigenvalue weighted by Crippen LogP contribution is -2.55. The maximum Gasteiger partial charge on any atom is 0.113 e. The molecule has 3 aromatic rings. The van der Waals surface area contributed by atoms with Crippen molar-refractivity contribution < 1.29 is 25.2 Å². The molecule has 1 aromatic heterocycles. The molecule has 6 atom stereocenters. The maximum atomic E-state index is 10.5. The van der Waals surface area contributed by atoms with E-state index >= 15 is 0 Å². The minimum atomic E-state index is -1.38. The predicted octanol–water partition coefficient (Wildman–Crippen LogP) is 2.33. The molecule has 4 N–H and O–H groups in total. The van der Waals surface area contributed by atoms with Crippen LogP contribution in [0.15, 0.2) is 54.6 Å². The molecule has 1 aliphatic heterocycles. The summed E-state index contributed by atoms with van der Waals surface area (Å²) in [6.07, 6.45) is -5.01. The van der Waals surface area contributed by atoms with Gasteiger partial charge in [-0.05, 0) is 46.6 Å². The van der Waals surface area contributed by atoms with Gasteiger partial charge in [0.25, 0.3) is 0 Å². The molecule has 5 nitrogen and oxygen atoms in total. The van der Waals surface area contributed by atoms with Crippen molar-refractivity contribution in [3.8, 4) is 10.4 Å². The van der Waals surface area contributed by atoms with Crippen LogP contribution in [0.1, 0.15) is 27.7 Å². The fourth-order valence-corrected chi connectivity index (χ4v) is 5.13. The lowest BCUT2D eigenvalue weighted by Gasteiger charge is -2.40. The predicted molar refractivity (Wildman–Crippen MR) is 126 cm³/mol. The summed E-state index contributed by atoms with van der Waals surface area (Å²) in [7, 11) is 2.70. The molecule has 4 rings (SSSR count). The molecule has 0 bridgehead atoms. The van der Waals surface area contributed by atoms with Crippen molar-refractivity contribution in [2.24, 2.45) is 0 Å². The zero-order valence-electron chi connectivity index (χ0n) is 17.2. The molecular weight excluding hydrogens is 431 g/mol. The van der Waals surface area contributed by atoms with E-state index in [0.29, 0.717) is 5.56 Å². The third kappa shape index (κ3) is 4.76. The summed E-state index contributed by atoms with van der Waals surface area (Å²) in [4.78, 5) is 2.43. The summed E-state index contributed by atoms with van der Waals surface area (Å²) in [5.41, 5.74) is 4.12. The average molecular weight is 459 g/mol. The van der Waals surface area contributed by atoms with Crippen LogP contribution in [0.2, 0.25) is 0 Å². The highest BCUT2D eigenvalue weighted by atomic mass is 32.1. The van der Waals surface area contributed by atoms with Gasteiger partial charge in [-0.2, -0.15) is 0 Å². The van der Waals surface area contributed by atoms with Crippen molar-refractivity contribution in [1.82, 2.24) is 0 Å². The van der Waals surface area contributed by atoms with E-state index in [1.165, 1.54) is 15.3 Å². The summed E-state index contributed by atoms with van der Waals surface area (Å²) in [5, 5.41) is 41.2. The molecule has 1 saturated heterocycles. The topological polar surface area (TPSA) is 90.2 Å². The minimum Gasteiger partial charge on any atom is -0.394 e. The second-order valence-corrected chi connectivity index (χ2v) is 9.84. The molecule has 1 aliphatic rings. The molecule has 0 spiro atoms. The number of aliphatic hydroxyl groups is 4. The smallest absolute Gasteiger partial charge is 0.113 e. The van der Waals surface area contributed by atoms with Crippen molar-refractivity contribution in [3.05, 3.63) is 76.2 Å². The largest absolute Gasteiger partial charge is 0.394 e. The highest BCUT2D eigenvalue weighted by Gasteiger charge is 2.43. The average Bonchev–Trinajstić information content (AvgIpc) is 3.23. The SMILES string of the molecule is Cc1ccc([C@@H]2O[C@H](CO)[C@@H](O)C(O)[C@H]2O)cc1Cc1ccc(-c2ccc(P)cc2)s1.